The molecule has 0 aliphatic rings. The predicted octanol–water partition coefficient (Wildman–Crippen LogP) is 3.29. The van der Waals surface area contributed by atoms with E-state index in [1.54, 1.807) is 6.20 Å². The van der Waals surface area contributed by atoms with Crippen molar-refractivity contribution in [2.24, 2.45) is 0 Å². The fraction of sp³-hybridized carbons (Fsp3) is 0.278. The fourth-order valence-corrected chi connectivity index (χ4v) is 2.74. The van der Waals surface area contributed by atoms with E-state index in [2.05, 4.69) is 31.4 Å². The minimum atomic E-state index is -0.801. The number of benzene rings is 1. The summed E-state index contributed by atoms with van der Waals surface area (Å²) in [7, 11) is 0. The summed E-state index contributed by atoms with van der Waals surface area (Å²) < 4.78 is 35.8. The molecule has 2 heterocycles. The van der Waals surface area contributed by atoms with Gasteiger partial charge in [-0.3, -0.25) is 9.48 Å². The van der Waals surface area contributed by atoms with Gasteiger partial charge in [-0.2, -0.15) is 10.2 Å². The lowest BCUT2D eigenvalue weighted by atomic mass is 10.3. The van der Waals surface area contributed by atoms with Crippen LogP contribution >= 0.6 is 15.9 Å². The van der Waals surface area contributed by atoms with Crippen molar-refractivity contribution in [2.45, 2.75) is 26.6 Å². The average Bonchev–Trinajstić information content (AvgIpc) is 3.25. The molecule has 3 rings (SSSR count). The Morgan fingerprint density at radius 2 is 2.07 bits per heavy atom. The van der Waals surface area contributed by atoms with Crippen molar-refractivity contribution in [3.05, 3.63) is 64.2 Å². The van der Waals surface area contributed by atoms with Crippen molar-refractivity contribution in [1.29, 1.82) is 0 Å². The molecule has 28 heavy (non-hydrogen) atoms. The van der Waals surface area contributed by atoms with Gasteiger partial charge in [0, 0.05) is 31.5 Å². The molecule has 0 unspecified atom stereocenters. The molecule has 0 fully saturated rings. The van der Waals surface area contributed by atoms with E-state index in [1.807, 2.05) is 17.8 Å². The van der Waals surface area contributed by atoms with Gasteiger partial charge in [0.1, 0.15) is 11.5 Å². The molecule has 0 saturated heterocycles. The summed E-state index contributed by atoms with van der Waals surface area (Å²) in [5.41, 5.74) is 1.14. The van der Waals surface area contributed by atoms with Gasteiger partial charge in [-0.1, -0.05) is 0 Å². The first kappa shape index (κ1) is 20.0. The van der Waals surface area contributed by atoms with Crippen molar-refractivity contribution in [3.63, 3.8) is 0 Å². The zero-order valence-electron chi connectivity index (χ0n) is 15.0. The van der Waals surface area contributed by atoms with Gasteiger partial charge in [0.15, 0.2) is 18.3 Å². The average molecular weight is 454 g/mol. The maximum Gasteiger partial charge on any atom is 0.271 e. The van der Waals surface area contributed by atoms with Gasteiger partial charge in [-0.05, 0) is 47.5 Å². The molecule has 2 aromatic heterocycles. The molecule has 0 saturated carbocycles. The molecule has 0 aliphatic carbocycles. The zero-order valence-corrected chi connectivity index (χ0v) is 16.6. The number of hydrogen-bond donors (Lipinski definition) is 1. The van der Waals surface area contributed by atoms with E-state index in [1.165, 1.54) is 16.8 Å². The van der Waals surface area contributed by atoms with Crippen LogP contribution in [-0.4, -0.2) is 32.0 Å². The summed E-state index contributed by atoms with van der Waals surface area (Å²) in [6.07, 6.45) is 4.15. The van der Waals surface area contributed by atoms with Gasteiger partial charge in [-0.15, -0.1) is 0 Å². The molecular weight excluding hydrogens is 436 g/mol. The van der Waals surface area contributed by atoms with Crippen LogP contribution < -0.4 is 10.1 Å². The Morgan fingerprint density at radius 1 is 1.25 bits per heavy atom. The number of rotatable bonds is 8. The summed E-state index contributed by atoms with van der Waals surface area (Å²) >= 11 is 3.40. The van der Waals surface area contributed by atoms with E-state index >= 15 is 0 Å². The van der Waals surface area contributed by atoms with Crippen LogP contribution in [0.25, 0.3) is 0 Å². The lowest BCUT2D eigenvalue weighted by Crippen LogP contribution is -2.26. The van der Waals surface area contributed by atoms with Crippen LogP contribution in [0, 0.1) is 18.6 Å². The van der Waals surface area contributed by atoms with Gasteiger partial charge >= 0.3 is 0 Å². The molecule has 1 aromatic carbocycles. The third-order valence-corrected chi connectivity index (χ3v) is 4.63. The van der Waals surface area contributed by atoms with Crippen molar-refractivity contribution < 1.29 is 18.3 Å². The van der Waals surface area contributed by atoms with Gasteiger partial charge < -0.3 is 10.1 Å². The van der Waals surface area contributed by atoms with Crippen LogP contribution in [0.3, 0.4) is 0 Å². The molecule has 1 amide bonds. The summed E-state index contributed by atoms with van der Waals surface area (Å²) in [5.74, 6) is -1.89. The summed E-state index contributed by atoms with van der Waals surface area (Å²) in [5, 5.41) is 11.2. The number of aryl methyl sites for hydroxylation is 2. The summed E-state index contributed by atoms with van der Waals surface area (Å²) in [6.45, 7) is 2.95. The maximum absolute atomic E-state index is 13.5. The molecule has 0 radical (unpaired) electrons. The van der Waals surface area contributed by atoms with E-state index in [-0.39, 0.29) is 24.1 Å². The lowest BCUT2D eigenvalue weighted by molar-refractivity contribution is 0.0945. The first-order valence-electron chi connectivity index (χ1n) is 8.51. The number of halogens is 3. The molecule has 0 spiro atoms. The number of amides is 1. The van der Waals surface area contributed by atoms with Crippen LogP contribution in [0.5, 0.6) is 5.75 Å². The third-order valence-electron chi connectivity index (χ3n) is 3.86. The van der Waals surface area contributed by atoms with Crippen molar-refractivity contribution in [1.82, 2.24) is 24.9 Å². The number of nitrogens with one attached hydrogen (secondary N) is 1. The molecule has 0 bridgehead atoms. The van der Waals surface area contributed by atoms with Crippen LogP contribution in [0.15, 0.2) is 41.1 Å². The van der Waals surface area contributed by atoms with E-state index in [0.717, 1.165) is 22.3 Å². The Hall–Kier alpha value is -2.75. The largest absolute Gasteiger partial charge is 0.468 e. The summed E-state index contributed by atoms with van der Waals surface area (Å²) in [6, 6.07) is 4.57. The number of carbonyl (C=O) groups is 1. The fourth-order valence-electron chi connectivity index (χ4n) is 2.42. The monoisotopic (exact) mass is 453 g/mol. The number of carbonyl (C=O) groups excluding carboxylic acids is 1. The van der Waals surface area contributed by atoms with E-state index in [4.69, 9.17) is 4.74 Å². The number of nitrogens with zero attached hydrogens (tertiary/aromatic N) is 4. The van der Waals surface area contributed by atoms with Crippen molar-refractivity contribution in [3.8, 4) is 5.75 Å². The van der Waals surface area contributed by atoms with E-state index < -0.39 is 11.6 Å². The number of ether oxygens (including phenoxy) is 1. The Kier molecular flexibility index (Phi) is 6.40. The number of hydrogen-bond acceptors (Lipinski definition) is 4. The molecular formula is C18H18BrF2N5O2. The highest BCUT2D eigenvalue weighted by atomic mass is 79.9. The van der Waals surface area contributed by atoms with Gasteiger partial charge in [0.2, 0.25) is 0 Å². The Morgan fingerprint density at radius 3 is 2.79 bits per heavy atom. The van der Waals surface area contributed by atoms with E-state index in [9.17, 15) is 13.6 Å². The van der Waals surface area contributed by atoms with Gasteiger partial charge in [0.05, 0.1) is 10.2 Å². The topological polar surface area (TPSA) is 74.0 Å². The minimum Gasteiger partial charge on any atom is -0.468 e. The van der Waals surface area contributed by atoms with Crippen molar-refractivity contribution >= 4 is 21.8 Å². The zero-order chi connectivity index (χ0) is 20.1. The molecule has 0 aliphatic heterocycles. The summed E-state index contributed by atoms with van der Waals surface area (Å²) in [4.78, 5) is 12.1. The van der Waals surface area contributed by atoms with Crippen molar-refractivity contribution in [2.75, 3.05) is 6.54 Å². The van der Waals surface area contributed by atoms with Crippen LogP contribution in [0.4, 0.5) is 8.78 Å². The second kappa shape index (κ2) is 8.96. The highest BCUT2D eigenvalue weighted by Crippen LogP contribution is 2.18. The Balaban J connectivity index is 1.44. The first-order chi connectivity index (χ1) is 13.4. The normalized spacial score (nSPS) is 10.9. The Bertz CT molecular complexity index is 953. The lowest BCUT2D eigenvalue weighted by Gasteiger charge is -2.07. The van der Waals surface area contributed by atoms with Gasteiger partial charge in [-0.25, -0.2) is 13.5 Å². The molecule has 1 N–H and O–H groups in total. The molecule has 148 valence electrons. The van der Waals surface area contributed by atoms with Gasteiger partial charge in [0.25, 0.3) is 5.91 Å². The minimum absolute atomic E-state index is 0.0941. The molecule has 3 aromatic rings. The molecule has 0 atom stereocenters. The first-order valence-corrected chi connectivity index (χ1v) is 9.31. The SMILES string of the molecule is Cc1nn(CCCNC(=O)c2ccn(COc3ccc(F)cc3F)n2)cc1Br. The van der Waals surface area contributed by atoms with Crippen LogP contribution in [-0.2, 0) is 13.3 Å². The quantitative estimate of drug-likeness (QED) is 0.531. The smallest absolute Gasteiger partial charge is 0.271 e. The Labute approximate surface area is 168 Å². The second-order valence-corrected chi connectivity index (χ2v) is 6.88. The third kappa shape index (κ3) is 5.16. The maximum atomic E-state index is 13.5. The molecule has 7 nitrogen and oxygen atoms in total. The number of aromatic nitrogens is 4. The highest BCUT2D eigenvalue weighted by Gasteiger charge is 2.10. The van der Waals surface area contributed by atoms with Crippen LogP contribution in [0.2, 0.25) is 0 Å². The second-order valence-electron chi connectivity index (χ2n) is 6.02. The highest BCUT2D eigenvalue weighted by molar-refractivity contribution is 9.10. The van der Waals surface area contributed by atoms with E-state index in [0.29, 0.717) is 19.5 Å². The molecule has 10 heteroatoms. The standard InChI is InChI=1S/C18H18BrF2N5O2/c1-12-14(19)10-25(23-12)7-2-6-22-18(27)16-5-8-26(24-16)11-28-17-4-3-13(20)9-15(17)21/h3-5,8-10H,2,6-7,11H2,1H3,(H,22,27). The predicted molar refractivity (Wildman–Crippen MR) is 101 cm³/mol. The van der Waals surface area contributed by atoms with Crippen LogP contribution in [0.1, 0.15) is 22.6 Å².